The van der Waals surface area contributed by atoms with Crippen LogP contribution < -0.4 is 11.1 Å². The van der Waals surface area contributed by atoms with Gasteiger partial charge in [0.25, 0.3) is 5.91 Å². The molecule has 0 spiro atoms. The standard InChI is InChI=1S/C18H25F3N4O.2ClH/c1-10(2)17(5,9-22)24-15(26)12-6-7-14-13(8-12)23-16(18(19,20)21)25(14)11(3)4;;/h6-8,10-11H,9,22H2,1-5H3,(H,24,26);2*1H. The molecular weight excluding hydrogens is 416 g/mol. The van der Waals surface area contributed by atoms with Gasteiger partial charge in [0.2, 0.25) is 5.82 Å². The van der Waals surface area contributed by atoms with Gasteiger partial charge in [0, 0.05) is 18.2 Å². The maximum Gasteiger partial charge on any atom is 0.449 e. The topological polar surface area (TPSA) is 72.9 Å². The average molecular weight is 443 g/mol. The highest BCUT2D eigenvalue weighted by Crippen LogP contribution is 2.34. The normalized spacial score (nSPS) is 13.8. The number of amides is 1. The molecular formula is C18H27Cl2F3N4O. The minimum Gasteiger partial charge on any atom is -0.345 e. The summed E-state index contributed by atoms with van der Waals surface area (Å²) in [5.41, 5.74) is 5.89. The highest BCUT2D eigenvalue weighted by atomic mass is 35.5. The number of hydrogen-bond acceptors (Lipinski definition) is 3. The Morgan fingerprint density at radius 1 is 1.21 bits per heavy atom. The quantitative estimate of drug-likeness (QED) is 0.711. The predicted molar refractivity (Wildman–Crippen MR) is 109 cm³/mol. The molecule has 1 atom stereocenters. The largest absolute Gasteiger partial charge is 0.449 e. The van der Waals surface area contributed by atoms with Crippen LogP contribution >= 0.6 is 24.8 Å². The average Bonchev–Trinajstić information content (AvgIpc) is 2.93. The number of hydrogen-bond donors (Lipinski definition) is 2. The molecule has 1 amide bonds. The van der Waals surface area contributed by atoms with Crippen LogP contribution in [0.4, 0.5) is 13.2 Å². The summed E-state index contributed by atoms with van der Waals surface area (Å²) in [5.74, 6) is -1.26. The van der Waals surface area contributed by atoms with Crippen LogP contribution in [0.25, 0.3) is 11.0 Å². The van der Waals surface area contributed by atoms with Gasteiger partial charge in [-0.3, -0.25) is 4.79 Å². The molecule has 160 valence electrons. The van der Waals surface area contributed by atoms with Gasteiger partial charge < -0.3 is 15.6 Å². The van der Waals surface area contributed by atoms with Gasteiger partial charge in [-0.15, -0.1) is 24.8 Å². The summed E-state index contributed by atoms with van der Waals surface area (Å²) in [4.78, 5) is 16.3. The van der Waals surface area contributed by atoms with Crippen LogP contribution in [0.15, 0.2) is 18.2 Å². The van der Waals surface area contributed by atoms with E-state index in [1.54, 1.807) is 13.8 Å². The SMILES string of the molecule is CC(C)n1c(C(F)(F)F)nc2cc(C(=O)NC(C)(CN)C(C)C)ccc21.Cl.Cl. The molecule has 1 aromatic heterocycles. The number of imidazole rings is 1. The van der Waals surface area contributed by atoms with Gasteiger partial charge in [-0.2, -0.15) is 13.2 Å². The molecule has 1 unspecified atom stereocenters. The smallest absolute Gasteiger partial charge is 0.345 e. The van der Waals surface area contributed by atoms with E-state index in [9.17, 15) is 18.0 Å². The Morgan fingerprint density at radius 3 is 2.21 bits per heavy atom. The second-order valence-corrected chi connectivity index (χ2v) is 7.33. The van der Waals surface area contributed by atoms with E-state index in [2.05, 4.69) is 10.3 Å². The molecule has 2 aromatic rings. The van der Waals surface area contributed by atoms with Crippen molar-refractivity contribution in [1.29, 1.82) is 0 Å². The maximum absolute atomic E-state index is 13.3. The van der Waals surface area contributed by atoms with E-state index in [0.29, 0.717) is 5.52 Å². The zero-order valence-electron chi connectivity index (χ0n) is 16.4. The lowest BCUT2D eigenvalue weighted by Gasteiger charge is -2.33. The van der Waals surface area contributed by atoms with Crippen molar-refractivity contribution in [2.45, 2.75) is 52.4 Å². The van der Waals surface area contributed by atoms with E-state index in [1.807, 2.05) is 20.8 Å². The number of alkyl halides is 3. The molecule has 1 aromatic carbocycles. The number of rotatable bonds is 5. The zero-order chi connectivity index (χ0) is 19.9. The van der Waals surface area contributed by atoms with Crippen molar-refractivity contribution in [3.63, 3.8) is 0 Å². The minimum absolute atomic E-state index is 0. The molecule has 2 rings (SSSR count). The fraction of sp³-hybridized carbons (Fsp3) is 0.556. The van der Waals surface area contributed by atoms with E-state index in [1.165, 1.54) is 18.2 Å². The molecule has 0 saturated heterocycles. The zero-order valence-corrected chi connectivity index (χ0v) is 18.1. The third-order valence-corrected chi connectivity index (χ3v) is 4.82. The third kappa shape index (κ3) is 5.10. The van der Waals surface area contributed by atoms with Crippen molar-refractivity contribution in [1.82, 2.24) is 14.9 Å². The van der Waals surface area contributed by atoms with Crippen LogP contribution in [-0.4, -0.2) is 27.5 Å². The highest BCUT2D eigenvalue weighted by molar-refractivity contribution is 5.98. The Hall–Kier alpha value is -1.51. The number of carbonyl (C=O) groups excluding carboxylic acids is 1. The Labute approximate surface area is 175 Å². The van der Waals surface area contributed by atoms with Crippen molar-refractivity contribution in [3.05, 3.63) is 29.6 Å². The predicted octanol–water partition coefficient (Wildman–Crippen LogP) is 4.58. The second kappa shape index (κ2) is 9.33. The lowest BCUT2D eigenvalue weighted by atomic mass is 9.88. The van der Waals surface area contributed by atoms with Gasteiger partial charge in [-0.25, -0.2) is 4.98 Å². The minimum atomic E-state index is -4.57. The van der Waals surface area contributed by atoms with Crippen molar-refractivity contribution in [2.24, 2.45) is 11.7 Å². The Morgan fingerprint density at radius 2 is 1.79 bits per heavy atom. The van der Waals surface area contributed by atoms with E-state index in [-0.39, 0.29) is 54.3 Å². The summed E-state index contributed by atoms with van der Waals surface area (Å²) in [6, 6.07) is 3.98. The van der Waals surface area contributed by atoms with Crippen LogP contribution in [0.3, 0.4) is 0 Å². The third-order valence-electron chi connectivity index (χ3n) is 4.82. The molecule has 3 N–H and O–H groups in total. The lowest BCUT2D eigenvalue weighted by molar-refractivity contribution is -0.147. The van der Waals surface area contributed by atoms with Crippen LogP contribution in [0.5, 0.6) is 0 Å². The maximum atomic E-state index is 13.3. The molecule has 0 aliphatic rings. The number of nitrogens with one attached hydrogen (secondary N) is 1. The van der Waals surface area contributed by atoms with Crippen LogP contribution in [0.2, 0.25) is 0 Å². The van der Waals surface area contributed by atoms with Gasteiger partial charge in [-0.1, -0.05) is 13.8 Å². The molecule has 0 bridgehead atoms. The Kier molecular flexibility index (Phi) is 8.82. The molecule has 28 heavy (non-hydrogen) atoms. The summed E-state index contributed by atoms with van der Waals surface area (Å²) in [5, 5.41) is 2.88. The monoisotopic (exact) mass is 442 g/mol. The van der Waals surface area contributed by atoms with Crippen molar-refractivity contribution in [2.75, 3.05) is 6.54 Å². The number of benzene rings is 1. The highest BCUT2D eigenvalue weighted by Gasteiger charge is 2.38. The first kappa shape index (κ1) is 26.5. The molecule has 10 heteroatoms. The van der Waals surface area contributed by atoms with E-state index in [4.69, 9.17) is 5.73 Å². The Bertz CT molecular complexity index is 821. The fourth-order valence-electron chi connectivity index (χ4n) is 2.73. The summed E-state index contributed by atoms with van der Waals surface area (Å²) >= 11 is 0. The summed E-state index contributed by atoms with van der Waals surface area (Å²) in [6.45, 7) is 9.29. The first-order chi connectivity index (χ1) is 11.9. The number of fused-ring (bicyclic) bond motifs is 1. The second-order valence-electron chi connectivity index (χ2n) is 7.33. The number of nitrogens with two attached hydrogens (primary N) is 1. The molecule has 0 aliphatic carbocycles. The van der Waals surface area contributed by atoms with Crippen LogP contribution in [0.1, 0.15) is 56.8 Å². The lowest BCUT2D eigenvalue weighted by Crippen LogP contribution is -2.55. The molecule has 0 radical (unpaired) electrons. The molecule has 5 nitrogen and oxygen atoms in total. The van der Waals surface area contributed by atoms with Gasteiger partial charge in [0.05, 0.1) is 16.6 Å². The summed E-state index contributed by atoms with van der Waals surface area (Å²) in [7, 11) is 0. The van der Waals surface area contributed by atoms with Gasteiger partial charge in [0.1, 0.15) is 0 Å². The van der Waals surface area contributed by atoms with Gasteiger partial charge >= 0.3 is 6.18 Å². The van der Waals surface area contributed by atoms with E-state index in [0.717, 1.165) is 4.57 Å². The van der Waals surface area contributed by atoms with Gasteiger partial charge in [0.15, 0.2) is 0 Å². The molecule has 0 saturated carbocycles. The van der Waals surface area contributed by atoms with Crippen molar-refractivity contribution >= 4 is 41.8 Å². The van der Waals surface area contributed by atoms with E-state index < -0.39 is 23.6 Å². The first-order valence-corrected chi connectivity index (χ1v) is 8.52. The number of nitrogens with zero attached hydrogens (tertiary/aromatic N) is 2. The molecule has 0 aliphatic heterocycles. The Balaban J connectivity index is 0.00000364. The molecule has 1 heterocycles. The number of aromatic nitrogens is 2. The van der Waals surface area contributed by atoms with Crippen molar-refractivity contribution < 1.29 is 18.0 Å². The van der Waals surface area contributed by atoms with Crippen molar-refractivity contribution in [3.8, 4) is 0 Å². The number of carbonyl (C=O) groups is 1. The van der Waals surface area contributed by atoms with E-state index >= 15 is 0 Å². The van der Waals surface area contributed by atoms with Crippen LogP contribution in [-0.2, 0) is 6.18 Å². The molecule has 0 fully saturated rings. The first-order valence-electron chi connectivity index (χ1n) is 8.52. The fourth-order valence-corrected chi connectivity index (χ4v) is 2.73. The van der Waals surface area contributed by atoms with Gasteiger partial charge in [-0.05, 0) is 44.9 Å². The summed E-state index contributed by atoms with van der Waals surface area (Å²) in [6.07, 6.45) is -4.57. The van der Waals surface area contributed by atoms with Crippen LogP contribution in [0, 0.1) is 5.92 Å². The summed E-state index contributed by atoms with van der Waals surface area (Å²) < 4.78 is 41.0. The number of halogens is 5.